The second kappa shape index (κ2) is 10.9. The molecule has 0 aliphatic carbocycles. The van der Waals surface area contributed by atoms with E-state index in [9.17, 15) is 4.79 Å². The summed E-state index contributed by atoms with van der Waals surface area (Å²) in [5, 5.41) is 7.91. The maximum Gasteiger partial charge on any atom is 0.322 e. The Hall–Kier alpha value is -3.36. The lowest BCUT2D eigenvalue weighted by atomic mass is 9.94. The first-order chi connectivity index (χ1) is 16.9. The van der Waals surface area contributed by atoms with Gasteiger partial charge in [0.05, 0.1) is 24.8 Å². The quantitative estimate of drug-likeness (QED) is 0.381. The van der Waals surface area contributed by atoms with Gasteiger partial charge in [0.15, 0.2) is 0 Å². The largest absolute Gasteiger partial charge is 0.497 e. The van der Waals surface area contributed by atoms with E-state index in [0.29, 0.717) is 36.3 Å². The normalized spacial score (nSPS) is 16.1. The van der Waals surface area contributed by atoms with E-state index in [1.54, 1.807) is 24.1 Å². The molecule has 1 aliphatic rings. The summed E-state index contributed by atoms with van der Waals surface area (Å²) in [6, 6.07) is 14.1. The molecule has 1 aromatic heterocycles. The summed E-state index contributed by atoms with van der Waals surface area (Å²) in [6.45, 7) is 6.94. The Balaban J connectivity index is 1.69. The average molecular weight is 497 g/mol. The van der Waals surface area contributed by atoms with Crippen molar-refractivity contribution in [3.05, 3.63) is 70.7 Å². The van der Waals surface area contributed by atoms with Crippen LogP contribution < -0.4 is 10.1 Å². The number of allylic oxidation sites excluding steroid dienone is 1. The number of urea groups is 1. The van der Waals surface area contributed by atoms with Crippen molar-refractivity contribution in [3.63, 3.8) is 0 Å². The molecule has 35 heavy (non-hydrogen) atoms. The first-order valence-corrected chi connectivity index (χ1v) is 11.9. The SMILES string of the molecule is COc1ccc(-c2noc(C3=C(C)N(CCCOC(C)C)C(=O)NC3c3ccc(Cl)cc3)n2)cc1. The molecule has 0 spiro atoms. The van der Waals surface area contributed by atoms with Crippen molar-refractivity contribution in [1.29, 1.82) is 0 Å². The molecule has 8 nitrogen and oxygen atoms in total. The molecule has 9 heteroatoms. The zero-order valence-corrected chi connectivity index (χ0v) is 21.0. The fourth-order valence-electron chi connectivity index (χ4n) is 3.96. The van der Waals surface area contributed by atoms with Crippen LogP contribution in [-0.4, -0.2) is 47.4 Å². The molecule has 1 atom stereocenters. The van der Waals surface area contributed by atoms with E-state index >= 15 is 0 Å². The second-order valence-electron chi connectivity index (χ2n) is 8.51. The smallest absolute Gasteiger partial charge is 0.322 e. The van der Waals surface area contributed by atoms with Crippen molar-refractivity contribution in [1.82, 2.24) is 20.4 Å². The van der Waals surface area contributed by atoms with Gasteiger partial charge < -0.3 is 19.3 Å². The molecular weight excluding hydrogens is 468 g/mol. The molecule has 0 saturated carbocycles. The van der Waals surface area contributed by atoms with Gasteiger partial charge in [0.2, 0.25) is 5.82 Å². The fraction of sp³-hybridized carbons (Fsp3) is 0.346. The molecule has 184 valence electrons. The highest BCUT2D eigenvalue weighted by Crippen LogP contribution is 2.37. The summed E-state index contributed by atoms with van der Waals surface area (Å²) in [7, 11) is 1.62. The zero-order valence-electron chi connectivity index (χ0n) is 20.2. The van der Waals surface area contributed by atoms with Gasteiger partial charge in [-0.1, -0.05) is 28.9 Å². The summed E-state index contributed by atoms with van der Waals surface area (Å²) in [6.07, 6.45) is 0.837. The van der Waals surface area contributed by atoms with Gasteiger partial charge in [-0.3, -0.25) is 4.90 Å². The van der Waals surface area contributed by atoms with E-state index in [-0.39, 0.29) is 12.1 Å². The number of nitrogens with one attached hydrogen (secondary N) is 1. The third kappa shape index (κ3) is 5.66. The molecule has 0 fully saturated rings. The van der Waals surface area contributed by atoms with Crippen LogP contribution in [0.5, 0.6) is 5.75 Å². The third-order valence-corrected chi connectivity index (χ3v) is 6.03. The summed E-state index contributed by atoms with van der Waals surface area (Å²) in [4.78, 5) is 19.5. The van der Waals surface area contributed by atoms with Crippen molar-refractivity contribution in [2.24, 2.45) is 0 Å². The lowest BCUT2D eigenvalue weighted by Crippen LogP contribution is -2.46. The Bertz CT molecular complexity index is 1190. The molecule has 2 amide bonds. The number of ether oxygens (including phenoxy) is 2. The highest BCUT2D eigenvalue weighted by Gasteiger charge is 2.35. The van der Waals surface area contributed by atoms with Gasteiger partial charge in [0.25, 0.3) is 5.89 Å². The van der Waals surface area contributed by atoms with Crippen LogP contribution >= 0.6 is 11.6 Å². The highest BCUT2D eigenvalue weighted by atomic mass is 35.5. The van der Waals surface area contributed by atoms with Gasteiger partial charge in [0, 0.05) is 29.4 Å². The number of nitrogens with zero attached hydrogens (tertiary/aromatic N) is 3. The average Bonchev–Trinajstić information content (AvgIpc) is 3.33. The van der Waals surface area contributed by atoms with Crippen LogP contribution in [0.3, 0.4) is 0 Å². The predicted molar refractivity (Wildman–Crippen MR) is 134 cm³/mol. The topological polar surface area (TPSA) is 89.7 Å². The molecule has 0 radical (unpaired) electrons. The number of methoxy groups -OCH3 is 1. The number of aromatic nitrogens is 2. The van der Waals surface area contributed by atoms with Crippen molar-refractivity contribution in [2.75, 3.05) is 20.3 Å². The molecule has 0 bridgehead atoms. The molecule has 2 aromatic carbocycles. The van der Waals surface area contributed by atoms with Crippen molar-refractivity contribution in [2.45, 2.75) is 39.3 Å². The van der Waals surface area contributed by atoms with Crippen LogP contribution in [0.25, 0.3) is 17.0 Å². The van der Waals surface area contributed by atoms with Gasteiger partial charge in [-0.25, -0.2) is 4.79 Å². The third-order valence-electron chi connectivity index (χ3n) is 5.78. The second-order valence-corrected chi connectivity index (χ2v) is 8.95. The van der Waals surface area contributed by atoms with E-state index in [2.05, 4.69) is 15.5 Å². The monoisotopic (exact) mass is 496 g/mol. The minimum atomic E-state index is -0.466. The maximum atomic E-state index is 13.1. The van der Waals surface area contributed by atoms with Crippen LogP contribution in [-0.2, 0) is 4.74 Å². The van der Waals surface area contributed by atoms with E-state index in [4.69, 9.17) is 25.6 Å². The lowest BCUT2D eigenvalue weighted by molar-refractivity contribution is 0.0736. The number of halogens is 1. The van der Waals surface area contributed by atoms with Crippen LogP contribution in [0.4, 0.5) is 4.79 Å². The molecule has 1 unspecified atom stereocenters. The van der Waals surface area contributed by atoms with E-state index in [1.807, 2.05) is 57.2 Å². The zero-order chi connectivity index (χ0) is 24.9. The first kappa shape index (κ1) is 24.8. The maximum absolute atomic E-state index is 13.1. The Morgan fingerprint density at radius 1 is 1.14 bits per heavy atom. The minimum Gasteiger partial charge on any atom is -0.497 e. The first-order valence-electron chi connectivity index (χ1n) is 11.5. The standard InChI is InChI=1S/C26H29ClN4O4/c1-16(2)34-15-5-14-31-17(3)22(23(28-26(31)32)18-6-10-20(27)11-7-18)25-29-24(30-35-25)19-8-12-21(33-4)13-9-19/h6-13,16,23H,5,14-15H2,1-4H3,(H,28,32). The summed E-state index contributed by atoms with van der Waals surface area (Å²) in [5.74, 6) is 1.54. The summed E-state index contributed by atoms with van der Waals surface area (Å²) in [5.41, 5.74) is 3.15. The molecule has 1 N–H and O–H groups in total. The number of amides is 2. The molecule has 1 aliphatic heterocycles. The number of benzene rings is 2. The fourth-order valence-corrected chi connectivity index (χ4v) is 4.09. The Kier molecular flexibility index (Phi) is 7.73. The van der Waals surface area contributed by atoms with Gasteiger partial charge >= 0.3 is 6.03 Å². The molecule has 0 saturated heterocycles. The van der Waals surface area contributed by atoms with E-state index in [0.717, 1.165) is 28.1 Å². The minimum absolute atomic E-state index is 0.140. The van der Waals surface area contributed by atoms with Crippen LogP contribution in [0.1, 0.15) is 44.7 Å². The van der Waals surface area contributed by atoms with E-state index < -0.39 is 6.04 Å². The van der Waals surface area contributed by atoms with Crippen LogP contribution in [0.15, 0.2) is 58.8 Å². The van der Waals surface area contributed by atoms with Gasteiger partial charge in [0.1, 0.15) is 5.75 Å². The van der Waals surface area contributed by atoms with Crippen molar-refractivity contribution < 1.29 is 18.8 Å². The molecule has 3 aromatic rings. The van der Waals surface area contributed by atoms with E-state index in [1.165, 1.54) is 0 Å². The summed E-state index contributed by atoms with van der Waals surface area (Å²) < 4.78 is 16.6. The molecular formula is C26H29ClN4O4. The Labute approximate surface area is 209 Å². The molecule has 2 heterocycles. The van der Waals surface area contributed by atoms with Gasteiger partial charge in [-0.2, -0.15) is 4.98 Å². The number of carbonyl (C=O) groups is 1. The highest BCUT2D eigenvalue weighted by molar-refractivity contribution is 6.30. The summed E-state index contributed by atoms with van der Waals surface area (Å²) >= 11 is 6.10. The lowest BCUT2D eigenvalue weighted by Gasteiger charge is -2.35. The van der Waals surface area contributed by atoms with Crippen molar-refractivity contribution in [3.8, 4) is 17.1 Å². The number of rotatable bonds is 9. The number of hydrogen-bond donors (Lipinski definition) is 1. The Morgan fingerprint density at radius 3 is 2.51 bits per heavy atom. The Morgan fingerprint density at radius 2 is 1.86 bits per heavy atom. The van der Waals surface area contributed by atoms with Gasteiger partial charge in [-0.15, -0.1) is 0 Å². The number of hydrogen-bond acceptors (Lipinski definition) is 6. The predicted octanol–water partition coefficient (Wildman–Crippen LogP) is 5.71. The van der Waals surface area contributed by atoms with Crippen molar-refractivity contribution >= 4 is 23.2 Å². The molecule has 4 rings (SSSR count). The van der Waals surface area contributed by atoms with Crippen LogP contribution in [0.2, 0.25) is 5.02 Å². The number of carbonyl (C=O) groups excluding carboxylic acids is 1. The van der Waals surface area contributed by atoms with Gasteiger partial charge in [-0.05, 0) is 69.2 Å². The van der Waals surface area contributed by atoms with Crippen LogP contribution in [0, 0.1) is 0 Å².